The average molecular weight is 271 g/mol. The fourth-order valence-corrected chi connectivity index (χ4v) is 2.37. The van der Waals surface area contributed by atoms with Gasteiger partial charge in [-0.15, -0.1) is 12.4 Å². The van der Waals surface area contributed by atoms with Crippen LogP contribution in [0.5, 0.6) is 5.75 Å². The van der Waals surface area contributed by atoms with E-state index in [1.807, 2.05) is 12.1 Å². The molecule has 2 rings (SSSR count). The summed E-state index contributed by atoms with van der Waals surface area (Å²) in [7, 11) is 1.74. The normalized spacial score (nSPS) is 24.4. The number of hydrogen-bond acceptors (Lipinski definition) is 3. The first-order valence-corrected chi connectivity index (χ1v) is 6.30. The summed E-state index contributed by atoms with van der Waals surface area (Å²) in [6.07, 6.45) is 0. The number of methoxy groups -OCH3 is 1. The molecule has 0 bridgehead atoms. The highest BCUT2D eigenvalue weighted by Gasteiger charge is 2.22. The van der Waals surface area contributed by atoms with Gasteiger partial charge in [0, 0.05) is 37.3 Å². The van der Waals surface area contributed by atoms with Crippen molar-refractivity contribution < 1.29 is 4.74 Å². The number of rotatable bonds is 3. The molecule has 1 fully saturated rings. The summed E-state index contributed by atoms with van der Waals surface area (Å²) < 4.78 is 5.41. The topological polar surface area (TPSA) is 24.5 Å². The van der Waals surface area contributed by atoms with Crippen LogP contribution < -0.4 is 10.1 Å². The van der Waals surface area contributed by atoms with Gasteiger partial charge < -0.3 is 10.1 Å². The largest absolute Gasteiger partial charge is 0.496 e. The molecule has 0 spiro atoms. The second-order valence-corrected chi connectivity index (χ2v) is 4.90. The van der Waals surface area contributed by atoms with Crippen LogP contribution in [0.1, 0.15) is 19.4 Å². The van der Waals surface area contributed by atoms with Gasteiger partial charge >= 0.3 is 0 Å². The van der Waals surface area contributed by atoms with Crippen LogP contribution in [-0.2, 0) is 6.54 Å². The van der Waals surface area contributed by atoms with Crippen molar-refractivity contribution in [1.29, 1.82) is 0 Å². The first-order chi connectivity index (χ1) is 8.20. The molecule has 0 amide bonds. The summed E-state index contributed by atoms with van der Waals surface area (Å²) in [5.74, 6) is 0.992. The van der Waals surface area contributed by atoms with Gasteiger partial charge in [-0.1, -0.05) is 18.2 Å². The average Bonchev–Trinajstić information content (AvgIpc) is 2.34. The Morgan fingerprint density at radius 3 is 2.78 bits per heavy atom. The van der Waals surface area contributed by atoms with Gasteiger partial charge in [-0.3, -0.25) is 4.90 Å². The predicted octanol–water partition coefficient (Wildman–Crippen LogP) is 2.30. The van der Waals surface area contributed by atoms with E-state index in [1.165, 1.54) is 5.56 Å². The van der Waals surface area contributed by atoms with Crippen molar-refractivity contribution in [3.8, 4) is 5.75 Å². The molecule has 2 atom stereocenters. The molecule has 1 aromatic rings. The van der Waals surface area contributed by atoms with Gasteiger partial charge in [0.2, 0.25) is 0 Å². The number of ether oxygens (including phenoxy) is 1. The zero-order chi connectivity index (χ0) is 12.3. The molecule has 102 valence electrons. The highest BCUT2D eigenvalue weighted by Crippen LogP contribution is 2.21. The van der Waals surface area contributed by atoms with E-state index < -0.39 is 0 Å². The van der Waals surface area contributed by atoms with E-state index in [9.17, 15) is 0 Å². The van der Waals surface area contributed by atoms with E-state index in [0.717, 1.165) is 25.4 Å². The maximum absolute atomic E-state index is 5.41. The van der Waals surface area contributed by atoms with Gasteiger partial charge in [-0.2, -0.15) is 0 Å². The van der Waals surface area contributed by atoms with Crippen molar-refractivity contribution in [3.63, 3.8) is 0 Å². The van der Waals surface area contributed by atoms with Gasteiger partial charge in [0.15, 0.2) is 0 Å². The van der Waals surface area contributed by atoms with E-state index >= 15 is 0 Å². The fraction of sp³-hybridized carbons (Fsp3) is 0.571. The monoisotopic (exact) mass is 270 g/mol. The Hall–Kier alpha value is -0.770. The molecular weight excluding hydrogens is 248 g/mol. The molecule has 0 aromatic heterocycles. The van der Waals surface area contributed by atoms with Gasteiger partial charge in [0.25, 0.3) is 0 Å². The zero-order valence-corrected chi connectivity index (χ0v) is 12.2. The van der Waals surface area contributed by atoms with Gasteiger partial charge in [0.1, 0.15) is 5.75 Å². The number of halogens is 1. The van der Waals surface area contributed by atoms with Gasteiger partial charge in [0.05, 0.1) is 7.11 Å². The lowest BCUT2D eigenvalue weighted by Crippen LogP contribution is -2.53. The Morgan fingerprint density at radius 2 is 2.06 bits per heavy atom. The van der Waals surface area contributed by atoms with Crippen molar-refractivity contribution in [2.75, 3.05) is 20.2 Å². The Kier molecular flexibility index (Phi) is 5.93. The summed E-state index contributed by atoms with van der Waals surface area (Å²) in [5, 5.41) is 3.50. The molecule has 1 saturated heterocycles. The number of hydrogen-bond donors (Lipinski definition) is 1. The molecule has 3 nitrogen and oxygen atoms in total. The van der Waals surface area contributed by atoms with Crippen LogP contribution in [0.3, 0.4) is 0 Å². The van der Waals surface area contributed by atoms with Crippen molar-refractivity contribution in [3.05, 3.63) is 29.8 Å². The highest BCUT2D eigenvalue weighted by molar-refractivity contribution is 5.85. The standard InChI is InChI=1S/C14H22N2O.ClH/c1-11-9-16(12(2)8-15-11)10-13-6-4-5-7-14(13)17-3;/h4-7,11-12,15H,8-10H2,1-3H3;1H. The van der Waals surface area contributed by atoms with Crippen LogP contribution in [-0.4, -0.2) is 37.2 Å². The molecule has 0 saturated carbocycles. The van der Waals surface area contributed by atoms with E-state index in [4.69, 9.17) is 4.74 Å². The first kappa shape index (κ1) is 15.3. The molecule has 1 heterocycles. The predicted molar refractivity (Wildman–Crippen MR) is 77.6 cm³/mol. The van der Waals surface area contributed by atoms with Crippen LogP contribution in [0.2, 0.25) is 0 Å². The molecule has 2 unspecified atom stereocenters. The first-order valence-electron chi connectivity index (χ1n) is 6.30. The van der Waals surface area contributed by atoms with Crippen LogP contribution in [0.4, 0.5) is 0 Å². The zero-order valence-electron chi connectivity index (χ0n) is 11.3. The minimum atomic E-state index is 0. The smallest absolute Gasteiger partial charge is 0.123 e. The Labute approximate surface area is 116 Å². The quantitative estimate of drug-likeness (QED) is 0.912. The molecule has 1 aromatic carbocycles. The maximum Gasteiger partial charge on any atom is 0.123 e. The number of para-hydroxylation sites is 1. The minimum absolute atomic E-state index is 0. The summed E-state index contributed by atoms with van der Waals surface area (Å²) in [6, 6.07) is 9.43. The van der Waals surface area contributed by atoms with Crippen molar-refractivity contribution >= 4 is 12.4 Å². The van der Waals surface area contributed by atoms with Crippen molar-refractivity contribution in [2.45, 2.75) is 32.5 Å². The molecule has 1 aliphatic rings. The van der Waals surface area contributed by atoms with E-state index in [1.54, 1.807) is 7.11 Å². The maximum atomic E-state index is 5.41. The lowest BCUT2D eigenvalue weighted by atomic mass is 10.1. The summed E-state index contributed by atoms with van der Waals surface area (Å²) in [6.45, 7) is 7.64. The van der Waals surface area contributed by atoms with Crippen LogP contribution >= 0.6 is 12.4 Å². The Morgan fingerprint density at radius 1 is 1.33 bits per heavy atom. The molecular formula is C14H23ClN2O. The minimum Gasteiger partial charge on any atom is -0.496 e. The summed E-state index contributed by atoms with van der Waals surface area (Å²) in [5.41, 5.74) is 1.27. The van der Waals surface area contributed by atoms with Crippen LogP contribution in [0.15, 0.2) is 24.3 Å². The Balaban J connectivity index is 0.00000162. The van der Waals surface area contributed by atoms with E-state index in [2.05, 4.69) is 36.2 Å². The van der Waals surface area contributed by atoms with Crippen molar-refractivity contribution in [2.24, 2.45) is 0 Å². The molecule has 18 heavy (non-hydrogen) atoms. The number of piperazine rings is 1. The lowest BCUT2D eigenvalue weighted by Gasteiger charge is -2.37. The molecule has 1 aliphatic heterocycles. The molecule has 0 aliphatic carbocycles. The summed E-state index contributed by atoms with van der Waals surface area (Å²) >= 11 is 0. The van der Waals surface area contributed by atoms with Crippen LogP contribution in [0, 0.1) is 0 Å². The number of nitrogens with zero attached hydrogens (tertiary/aromatic N) is 1. The van der Waals surface area contributed by atoms with Gasteiger partial charge in [-0.05, 0) is 19.9 Å². The number of nitrogens with one attached hydrogen (secondary N) is 1. The van der Waals surface area contributed by atoms with E-state index in [0.29, 0.717) is 12.1 Å². The third kappa shape index (κ3) is 3.61. The third-order valence-corrected chi connectivity index (χ3v) is 3.46. The molecule has 0 radical (unpaired) electrons. The SMILES string of the molecule is COc1ccccc1CN1CC(C)NCC1C.Cl. The van der Waals surface area contributed by atoms with Gasteiger partial charge in [-0.25, -0.2) is 0 Å². The summed E-state index contributed by atoms with van der Waals surface area (Å²) in [4.78, 5) is 2.51. The fourth-order valence-electron chi connectivity index (χ4n) is 2.37. The highest BCUT2D eigenvalue weighted by atomic mass is 35.5. The number of benzene rings is 1. The second kappa shape index (κ2) is 6.98. The molecule has 4 heteroatoms. The Bertz CT molecular complexity index is 373. The van der Waals surface area contributed by atoms with E-state index in [-0.39, 0.29) is 12.4 Å². The molecule has 1 N–H and O–H groups in total. The van der Waals surface area contributed by atoms with Crippen molar-refractivity contribution in [1.82, 2.24) is 10.2 Å². The second-order valence-electron chi connectivity index (χ2n) is 4.90. The van der Waals surface area contributed by atoms with Crippen LogP contribution in [0.25, 0.3) is 0 Å². The third-order valence-electron chi connectivity index (χ3n) is 3.46. The lowest BCUT2D eigenvalue weighted by molar-refractivity contribution is 0.137.